The van der Waals surface area contributed by atoms with Crippen molar-refractivity contribution in [3.63, 3.8) is 0 Å². The molecule has 0 aliphatic carbocycles. The first-order valence-corrected chi connectivity index (χ1v) is 13.6. The van der Waals surface area contributed by atoms with Crippen LogP contribution in [-0.4, -0.2) is 82.3 Å². The number of nitrogens with zero attached hydrogens (tertiary/aromatic N) is 3. The van der Waals surface area contributed by atoms with Crippen LogP contribution < -0.4 is 19.9 Å². The normalized spacial score (nSPS) is 11.6. The molecule has 50 heavy (non-hydrogen) atoms. The molecule has 2 aromatic carbocycles. The quantitative estimate of drug-likeness (QED) is 0.150. The Morgan fingerprint density at radius 1 is 0.860 bits per heavy atom. The SMILES string of the molecule is COc1cc(OC)nc(C[C@@H](N)COc2ccc3ncc(F)cc3c2C(=O)OCc2ccccc2)n1.O=C(O)C(F)(F)F.O=C(O)C(F)(F)F. The smallest absolute Gasteiger partial charge is 0.490 e. The van der Waals surface area contributed by atoms with Crippen LogP contribution in [0, 0.1) is 5.82 Å². The number of carbonyl (C=O) groups excluding carboxylic acids is 1. The Bertz CT molecular complexity index is 1710. The molecule has 0 fully saturated rings. The zero-order valence-electron chi connectivity index (χ0n) is 25.8. The highest BCUT2D eigenvalue weighted by molar-refractivity contribution is 6.06. The molecule has 0 radical (unpaired) electrons. The van der Waals surface area contributed by atoms with E-state index in [9.17, 15) is 35.5 Å². The van der Waals surface area contributed by atoms with Gasteiger partial charge in [0.15, 0.2) is 0 Å². The van der Waals surface area contributed by atoms with Crippen LogP contribution in [0.15, 0.2) is 60.8 Å². The number of nitrogens with two attached hydrogens (primary N) is 1. The molecular weight excluding hydrogens is 693 g/mol. The molecule has 270 valence electrons. The third-order valence-corrected chi connectivity index (χ3v) is 5.74. The lowest BCUT2D eigenvalue weighted by molar-refractivity contribution is -0.193. The molecule has 2 aromatic heterocycles. The van der Waals surface area contributed by atoms with Crippen LogP contribution in [0.4, 0.5) is 30.7 Å². The maximum Gasteiger partial charge on any atom is 0.490 e. The lowest BCUT2D eigenvalue weighted by atomic mass is 10.1. The van der Waals surface area contributed by atoms with Crippen molar-refractivity contribution in [3.8, 4) is 17.5 Å². The third-order valence-electron chi connectivity index (χ3n) is 5.74. The summed E-state index contributed by atoms with van der Waals surface area (Å²) in [7, 11) is 2.98. The molecule has 0 amide bonds. The monoisotopic (exact) mass is 720 g/mol. The maximum atomic E-state index is 14.0. The van der Waals surface area contributed by atoms with E-state index in [0.717, 1.165) is 11.8 Å². The second kappa shape index (κ2) is 18.1. The minimum absolute atomic E-state index is 0.0239. The summed E-state index contributed by atoms with van der Waals surface area (Å²) in [5.74, 6) is -5.46. The molecule has 1 atom stereocenters. The van der Waals surface area contributed by atoms with Crippen LogP contribution in [0.5, 0.6) is 17.5 Å². The molecule has 4 aromatic rings. The number of rotatable bonds is 10. The first-order valence-electron chi connectivity index (χ1n) is 13.6. The predicted molar refractivity (Wildman–Crippen MR) is 157 cm³/mol. The van der Waals surface area contributed by atoms with Gasteiger partial charge in [-0.25, -0.2) is 18.8 Å². The molecule has 0 saturated carbocycles. The van der Waals surface area contributed by atoms with Gasteiger partial charge in [0.2, 0.25) is 11.8 Å². The molecule has 13 nitrogen and oxygen atoms in total. The number of halogens is 7. The van der Waals surface area contributed by atoms with Gasteiger partial charge >= 0.3 is 30.3 Å². The number of carboxylic acid groups (broad SMARTS) is 2. The fourth-order valence-corrected chi connectivity index (χ4v) is 3.52. The van der Waals surface area contributed by atoms with E-state index in [2.05, 4.69) is 15.0 Å². The van der Waals surface area contributed by atoms with E-state index < -0.39 is 42.1 Å². The lowest BCUT2D eigenvalue weighted by Gasteiger charge is -2.17. The fraction of sp³-hybridized carbons (Fsp3) is 0.267. The molecule has 0 saturated heterocycles. The van der Waals surface area contributed by atoms with Gasteiger partial charge in [-0.3, -0.25) is 4.98 Å². The Kier molecular flexibility index (Phi) is 14.6. The van der Waals surface area contributed by atoms with Gasteiger partial charge in [-0.15, -0.1) is 0 Å². The molecule has 20 heteroatoms. The summed E-state index contributed by atoms with van der Waals surface area (Å²) in [6, 6.07) is 14.7. The van der Waals surface area contributed by atoms with Gasteiger partial charge in [0, 0.05) is 17.8 Å². The van der Waals surface area contributed by atoms with Crippen molar-refractivity contribution in [2.75, 3.05) is 20.8 Å². The third kappa shape index (κ3) is 13.0. The van der Waals surface area contributed by atoms with Crippen molar-refractivity contribution < 1.29 is 74.3 Å². The number of carboxylic acids is 2. The Hall–Kier alpha value is -5.79. The number of alkyl halides is 6. The van der Waals surface area contributed by atoms with E-state index >= 15 is 0 Å². The number of aromatic nitrogens is 3. The van der Waals surface area contributed by atoms with E-state index in [1.54, 1.807) is 18.2 Å². The summed E-state index contributed by atoms with van der Waals surface area (Å²) in [6.07, 6.45) is -8.83. The van der Waals surface area contributed by atoms with Gasteiger partial charge in [-0.1, -0.05) is 30.3 Å². The topological polar surface area (TPSA) is 193 Å². The molecule has 0 bridgehead atoms. The first-order chi connectivity index (χ1) is 23.3. The highest BCUT2D eigenvalue weighted by Gasteiger charge is 2.38. The number of fused-ring (bicyclic) bond motifs is 1. The van der Waals surface area contributed by atoms with Gasteiger partial charge in [-0.2, -0.15) is 36.3 Å². The zero-order chi connectivity index (χ0) is 37.6. The number of hydrogen-bond donors (Lipinski definition) is 3. The van der Waals surface area contributed by atoms with Gasteiger partial charge in [-0.05, 0) is 23.8 Å². The Morgan fingerprint density at radius 3 is 1.90 bits per heavy atom. The van der Waals surface area contributed by atoms with E-state index in [1.807, 2.05) is 30.3 Å². The number of aliphatic carboxylic acids is 2. The van der Waals surface area contributed by atoms with E-state index in [0.29, 0.717) is 23.1 Å². The predicted octanol–water partition coefficient (Wildman–Crippen LogP) is 4.75. The van der Waals surface area contributed by atoms with Crippen LogP contribution in [0.25, 0.3) is 10.9 Å². The Labute approximate surface area is 277 Å². The summed E-state index contributed by atoms with van der Waals surface area (Å²) in [5, 5.41) is 14.5. The fourth-order valence-electron chi connectivity index (χ4n) is 3.52. The minimum atomic E-state index is -5.08. The van der Waals surface area contributed by atoms with Crippen LogP contribution >= 0.6 is 0 Å². The highest BCUT2D eigenvalue weighted by atomic mass is 19.4. The molecule has 4 rings (SSSR count). The van der Waals surface area contributed by atoms with Crippen LogP contribution in [0.1, 0.15) is 21.7 Å². The molecule has 4 N–H and O–H groups in total. The van der Waals surface area contributed by atoms with Gasteiger partial charge < -0.3 is 34.9 Å². The standard InChI is InChI=1S/C26H25FN4O5.2C2HF3O2/c1-33-23-12-24(34-2)31-22(30-23)11-18(28)15-35-21-9-8-20-19(10-17(27)13-29-20)25(21)26(32)36-14-16-6-4-3-5-7-16;2*3-2(4,5)1(6)7/h3-10,12-13,18H,11,14-15,28H2,1-2H3;2*(H,6,7)/t18-;;/m1../s1. The van der Waals surface area contributed by atoms with Crippen molar-refractivity contribution in [1.29, 1.82) is 0 Å². The van der Waals surface area contributed by atoms with Crippen molar-refractivity contribution in [1.82, 2.24) is 15.0 Å². The summed E-state index contributed by atoms with van der Waals surface area (Å²) in [4.78, 5) is 43.5. The highest BCUT2D eigenvalue weighted by Crippen LogP contribution is 2.29. The molecular formula is C30H27F7N4O9. The Morgan fingerprint density at radius 2 is 1.40 bits per heavy atom. The van der Waals surface area contributed by atoms with Crippen molar-refractivity contribution in [3.05, 3.63) is 83.6 Å². The second-order valence-corrected chi connectivity index (χ2v) is 9.47. The number of hydrogen-bond acceptors (Lipinski definition) is 11. The van der Waals surface area contributed by atoms with E-state index in [-0.39, 0.29) is 36.3 Å². The van der Waals surface area contributed by atoms with Crippen molar-refractivity contribution >= 4 is 28.8 Å². The number of esters is 1. The summed E-state index contributed by atoms with van der Waals surface area (Å²) in [6.45, 7) is 0.0723. The van der Waals surface area contributed by atoms with Crippen LogP contribution in [-0.2, 0) is 27.4 Å². The van der Waals surface area contributed by atoms with Crippen molar-refractivity contribution in [2.45, 2.75) is 31.4 Å². The summed E-state index contributed by atoms with van der Waals surface area (Å²) >= 11 is 0. The maximum absolute atomic E-state index is 14.0. The number of ether oxygens (including phenoxy) is 4. The average molecular weight is 721 g/mol. The summed E-state index contributed by atoms with van der Waals surface area (Å²) < 4.78 is 99.3. The molecule has 0 aliphatic heterocycles. The number of pyridine rings is 1. The lowest BCUT2D eigenvalue weighted by Crippen LogP contribution is -2.31. The molecule has 0 unspecified atom stereocenters. The number of carbonyl (C=O) groups is 3. The number of methoxy groups -OCH3 is 2. The van der Waals surface area contributed by atoms with Crippen LogP contribution in [0.2, 0.25) is 0 Å². The number of benzene rings is 2. The molecule has 2 heterocycles. The van der Waals surface area contributed by atoms with Gasteiger partial charge in [0.05, 0.1) is 32.0 Å². The van der Waals surface area contributed by atoms with E-state index in [1.165, 1.54) is 20.3 Å². The second-order valence-electron chi connectivity index (χ2n) is 9.47. The van der Waals surface area contributed by atoms with Crippen molar-refractivity contribution in [2.24, 2.45) is 5.73 Å². The average Bonchev–Trinajstić information content (AvgIpc) is 3.05. The van der Waals surface area contributed by atoms with Crippen LogP contribution in [0.3, 0.4) is 0 Å². The first kappa shape index (κ1) is 40.4. The largest absolute Gasteiger partial charge is 0.491 e. The van der Waals surface area contributed by atoms with E-state index in [4.69, 9.17) is 44.5 Å². The zero-order valence-corrected chi connectivity index (χ0v) is 25.8. The molecule has 0 spiro atoms. The van der Waals surface area contributed by atoms with Gasteiger partial charge in [0.1, 0.15) is 36.2 Å². The minimum Gasteiger partial charge on any atom is -0.491 e. The molecule has 0 aliphatic rings. The summed E-state index contributed by atoms with van der Waals surface area (Å²) in [5.41, 5.74) is 7.57. The van der Waals surface area contributed by atoms with Gasteiger partial charge in [0.25, 0.3) is 0 Å². The Balaban J connectivity index is 0.000000521.